The third kappa shape index (κ3) is 2.10. The van der Waals surface area contributed by atoms with Gasteiger partial charge in [0, 0.05) is 23.3 Å². The monoisotopic (exact) mass is 327 g/mol. The van der Waals surface area contributed by atoms with Crippen LogP contribution in [-0.4, -0.2) is 27.2 Å². The van der Waals surface area contributed by atoms with Gasteiger partial charge in [0.05, 0.1) is 23.3 Å². The zero-order chi connectivity index (χ0) is 16.2. The Morgan fingerprint density at radius 3 is 2.78 bits per heavy atom. The van der Waals surface area contributed by atoms with Gasteiger partial charge in [-0.15, -0.1) is 0 Å². The summed E-state index contributed by atoms with van der Waals surface area (Å²) in [7, 11) is 0. The second kappa shape index (κ2) is 4.77. The molecule has 23 heavy (non-hydrogen) atoms. The minimum Gasteiger partial charge on any atom is -0.465 e. The van der Waals surface area contributed by atoms with Gasteiger partial charge in [0.1, 0.15) is 6.07 Å². The van der Waals surface area contributed by atoms with Crippen LogP contribution in [0, 0.1) is 11.3 Å². The maximum atomic E-state index is 11.4. The molecule has 1 saturated carbocycles. The van der Waals surface area contributed by atoms with Crippen molar-refractivity contribution in [3.63, 3.8) is 0 Å². The van der Waals surface area contributed by atoms with Gasteiger partial charge in [0.15, 0.2) is 0 Å². The van der Waals surface area contributed by atoms with E-state index in [1.54, 1.807) is 6.07 Å². The number of halogens is 1. The number of nitrogens with zero attached hydrogens (tertiary/aromatic N) is 3. The average Bonchev–Trinajstić information content (AvgIpc) is 3.18. The molecule has 0 radical (unpaired) electrons. The smallest absolute Gasteiger partial charge is 0.407 e. The molecule has 2 aliphatic rings. The van der Waals surface area contributed by atoms with Gasteiger partial charge in [0.25, 0.3) is 0 Å². The molecule has 0 unspecified atom stereocenters. The van der Waals surface area contributed by atoms with E-state index in [0.29, 0.717) is 17.1 Å². The molecular formula is C17H14ClN3O2. The molecule has 6 heteroatoms. The highest BCUT2D eigenvalue weighted by atomic mass is 35.5. The van der Waals surface area contributed by atoms with Crippen molar-refractivity contribution < 1.29 is 9.90 Å². The molecule has 4 rings (SSSR count). The summed E-state index contributed by atoms with van der Waals surface area (Å²) in [4.78, 5) is 12.8. The van der Waals surface area contributed by atoms with Crippen LogP contribution < -0.4 is 0 Å². The van der Waals surface area contributed by atoms with Crippen molar-refractivity contribution in [2.45, 2.75) is 24.9 Å². The molecule has 2 aromatic rings. The molecule has 0 bridgehead atoms. The minimum atomic E-state index is -0.933. The molecule has 5 nitrogen and oxygen atoms in total. The third-order valence-corrected chi connectivity index (χ3v) is 5.02. The lowest BCUT2D eigenvalue weighted by molar-refractivity contribution is 0.118. The lowest BCUT2D eigenvalue weighted by Crippen LogP contribution is -2.44. The van der Waals surface area contributed by atoms with Gasteiger partial charge in [-0.2, -0.15) is 5.26 Å². The van der Waals surface area contributed by atoms with Crippen LogP contribution in [0.5, 0.6) is 0 Å². The molecule has 1 aliphatic heterocycles. The molecule has 1 aromatic heterocycles. The van der Waals surface area contributed by atoms with Gasteiger partial charge in [0.2, 0.25) is 0 Å². The molecule has 1 spiro atoms. The number of nitriles is 1. The number of fused-ring (bicyclic) bond motifs is 2. The van der Waals surface area contributed by atoms with Crippen molar-refractivity contribution in [3.8, 4) is 17.2 Å². The van der Waals surface area contributed by atoms with E-state index in [0.717, 1.165) is 29.7 Å². The minimum absolute atomic E-state index is 0.172. The van der Waals surface area contributed by atoms with E-state index < -0.39 is 6.09 Å². The Morgan fingerprint density at radius 2 is 2.17 bits per heavy atom. The standard InChI is InChI=1S/C17H14ClN3O2/c18-12-3-1-2-11(6-12)14-8-21-15(13(14)7-19)9-20(16(22)23)10-17(21)4-5-17/h1-3,6,8H,4-5,9-10H2,(H,22,23). The molecule has 1 amide bonds. The normalized spacial score (nSPS) is 17.7. The largest absolute Gasteiger partial charge is 0.465 e. The van der Waals surface area contributed by atoms with Crippen molar-refractivity contribution in [1.82, 2.24) is 9.47 Å². The molecule has 0 saturated heterocycles. The SMILES string of the molecule is N#Cc1c(-c2cccc(Cl)c2)cn2c1CN(C(=O)O)CC21CC1. The van der Waals surface area contributed by atoms with Gasteiger partial charge in [-0.3, -0.25) is 0 Å². The first-order valence-corrected chi connectivity index (χ1v) is 7.80. The Hall–Kier alpha value is -2.45. The topological polar surface area (TPSA) is 69.3 Å². The summed E-state index contributed by atoms with van der Waals surface area (Å²) in [6.07, 6.45) is 2.94. The molecule has 1 aromatic carbocycles. The van der Waals surface area contributed by atoms with Crippen molar-refractivity contribution in [3.05, 3.63) is 46.7 Å². The zero-order valence-corrected chi connectivity index (χ0v) is 13.0. The van der Waals surface area contributed by atoms with Crippen molar-refractivity contribution in [2.75, 3.05) is 6.54 Å². The summed E-state index contributed by atoms with van der Waals surface area (Å²) in [5.74, 6) is 0. The highest BCUT2D eigenvalue weighted by Gasteiger charge is 2.51. The van der Waals surface area contributed by atoms with E-state index in [1.165, 1.54) is 4.90 Å². The van der Waals surface area contributed by atoms with Crippen LogP contribution in [0.3, 0.4) is 0 Å². The number of carboxylic acid groups (broad SMARTS) is 1. The maximum Gasteiger partial charge on any atom is 0.407 e. The Bertz CT molecular complexity index is 861. The average molecular weight is 328 g/mol. The predicted octanol–water partition coefficient (Wildman–Crippen LogP) is 3.66. The number of aromatic nitrogens is 1. The van der Waals surface area contributed by atoms with Gasteiger partial charge >= 0.3 is 6.09 Å². The van der Waals surface area contributed by atoms with Crippen molar-refractivity contribution in [1.29, 1.82) is 5.26 Å². The number of rotatable bonds is 1. The summed E-state index contributed by atoms with van der Waals surface area (Å²) < 4.78 is 2.13. The highest BCUT2D eigenvalue weighted by Crippen LogP contribution is 2.49. The Kier molecular flexibility index (Phi) is 2.94. The van der Waals surface area contributed by atoms with E-state index >= 15 is 0 Å². The van der Waals surface area contributed by atoms with E-state index in [-0.39, 0.29) is 12.1 Å². The van der Waals surface area contributed by atoms with Crippen LogP contribution in [-0.2, 0) is 12.1 Å². The predicted molar refractivity (Wildman–Crippen MR) is 85.2 cm³/mol. The third-order valence-electron chi connectivity index (χ3n) is 4.79. The van der Waals surface area contributed by atoms with Crippen LogP contribution in [0.1, 0.15) is 24.1 Å². The van der Waals surface area contributed by atoms with Gasteiger partial charge in [-0.1, -0.05) is 23.7 Å². The summed E-state index contributed by atoms with van der Waals surface area (Å²) in [6, 6.07) is 9.66. The van der Waals surface area contributed by atoms with E-state index in [1.807, 2.05) is 24.4 Å². The van der Waals surface area contributed by atoms with Crippen LogP contribution in [0.2, 0.25) is 5.02 Å². The number of hydrogen-bond donors (Lipinski definition) is 1. The second-order valence-electron chi connectivity index (χ2n) is 6.22. The fraction of sp³-hybridized carbons (Fsp3) is 0.294. The molecule has 1 fully saturated rings. The van der Waals surface area contributed by atoms with Crippen LogP contribution >= 0.6 is 11.6 Å². The van der Waals surface area contributed by atoms with Gasteiger partial charge in [-0.25, -0.2) is 4.79 Å². The fourth-order valence-corrected chi connectivity index (χ4v) is 3.66. The van der Waals surface area contributed by atoms with Crippen LogP contribution in [0.4, 0.5) is 4.79 Å². The lowest BCUT2D eigenvalue weighted by Gasteiger charge is -2.33. The van der Waals surface area contributed by atoms with Crippen molar-refractivity contribution in [2.24, 2.45) is 0 Å². The first kappa shape index (κ1) is 14.2. The van der Waals surface area contributed by atoms with E-state index in [9.17, 15) is 15.2 Å². The first-order valence-electron chi connectivity index (χ1n) is 7.43. The Balaban J connectivity index is 1.90. The number of carbonyl (C=O) groups is 1. The Morgan fingerprint density at radius 1 is 1.39 bits per heavy atom. The summed E-state index contributed by atoms with van der Waals surface area (Å²) in [5, 5.41) is 19.6. The van der Waals surface area contributed by atoms with Gasteiger partial charge in [-0.05, 0) is 30.5 Å². The second-order valence-corrected chi connectivity index (χ2v) is 6.66. The number of hydrogen-bond acceptors (Lipinski definition) is 2. The number of benzene rings is 1. The zero-order valence-electron chi connectivity index (χ0n) is 12.3. The lowest BCUT2D eigenvalue weighted by atomic mass is 10.0. The summed E-state index contributed by atoms with van der Waals surface area (Å²) in [6.45, 7) is 0.740. The van der Waals surface area contributed by atoms with Crippen molar-refractivity contribution >= 4 is 17.7 Å². The maximum absolute atomic E-state index is 11.4. The van der Waals surface area contributed by atoms with Gasteiger partial charge < -0.3 is 14.6 Å². The Labute approximate surface area is 138 Å². The van der Waals surface area contributed by atoms with Crippen LogP contribution in [0.15, 0.2) is 30.5 Å². The van der Waals surface area contributed by atoms with E-state index in [4.69, 9.17) is 11.6 Å². The molecular weight excluding hydrogens is 314 g/mol. The quantitative estimate of drug-likeness (QED) is 0.869. The molecule has 0 atom stereocenters. The first-order chi connectivity index (χ1) is 11.0. The van der Waals surface area contributed by atoms with Crippen LogP contribution in [0.25, 0.3) is 11.1 Å². The van der Waals surface area contributed by atoms with E-state index in [2.05, 4.69) is 10.6 Å². The molecule has 116 valence electrons. The molecule has 1 N–H and O–H groups in total. The number of amides is 1. The molecule has 2 heterocycles. The summed E-state index contributed by atoms with van der Waals surface area (Å²) in [5.41, 5.74) is 2.87. The fourth-order valence-electron chi connectivity index (χ4n) is 3.47. The molecule has 1 aliphatic carbocycles. The summed E-state index contributed by atoms with van der Waals surface area (Å²) >= 11 is 6.07. The highest BCUT2D eigenvalue weighted by molar-refractivity contribution is 6.30.